The van der Waals surface area contributed by atoms with E-state index in [0.717, 1.165) is 29.4 Å². The zero-order valence-corrected chi connectivity index (χ0v) is 21.3. The average molecular weight is 472 g/mol. The van der Waals surface area contributed by atoms with E-state index in [0.29, 0.717) is 6.42 Å². The van der Waals surface area contributed by atoms with E-state index in [4.69, 9.17) is 5.11 Å². The van der Waals surface area contributed by atoms with Crippen molar-refractivity contribution in [2.45, 2.75) is 90.6 Å². The molecule has 2 N–H and O–H groups in total. The molecule has 4 heteroatoms. The van der Waals surface area contributed by atoms with Crippen LogP contribution in [0.25, 0.3) is 6.08 Å². The summed E-state index contributed by atoms with van der Waals surface area (Å²) < 4.78 is 27.5. The van der Waals surface area contributed by atoms with Gasteiger partial charge in [0, 0.05) is 23.4 Å². The minimum absolute atomic E-state index is 0.195. The fraction of sp³-hybridized carbons (Fsp3) is 0.467. The van der Waals surface area contributed by atoms with E-state index in [1.807, 2.05) is 38.1 Å². The van der Waals surface area contributed by atoms with E-state index in [-0.39, 0.29) is 5.56 Å². The van der Waals surface area contributed by atoms with Crippen LogP contribution in [0.15, 0.2) is 67.4 Å². The Balaban J connectivity index is 0.000000476. The molecule has 0 aliphatic heterocycles. The highest BCUT2D eigenvalue weighted by atomic mass is 19.3. The first-order chi connectivity index (χ1) is 16.3. The van der Waals surface area contributed by atoms with Crippen LogP contribution in [-0.4, -0.2) is 11.2 Å². The minimum Gasteiger partial charge on any atom is -0.387 e. The maximum Gasteiger partial charge on any atom is 0.298 e. The summed E-state index contributed by atoms with van der Waals surface area (Å²) in [4.78, 5) is 0. The smallest absolute Gasteiger partial charge is 0.298 e. The van der Waals surface area contributed by atoms with Crippen LogP contribution in [0.4, 0.5) is 14.5 Å². The highest BCUT2D eigenvalue weighted by Gasteiger charge is 2.37. The van der Waals surface area contributed by atoms with Gasteiger partial charge in [0.15, 0.2) is 0 Å². The molecule has 2 fully saturated rings. The predicted molar refractivity (Wildman–Crippen MR) is 143 cm³/mol. The number of hydrogen-bond donors (Lipinski definition) is 2. The number of anilines is 1. The lowest BCUT2D eigenvalue weighted by atomic mass is 10.0. The normalized spacial score (nSPS) is 14.6. The number of aliphatic hydroxyl groups is 1. The van der Waals surface area contributed by atoms with Crippen molar-refractivity contribution in [3.05, 3.63) is 84.1 Å². The highest BCUT2D eigenvalue weighted by Crippen LogP contribution is 2.31. The Morgan fingerprint density at radius 1 is 0.912 bits per heavy atom. The Hall–Kier alpha value is -2.46. The van der Waals surface area contributed by atoms with Gasteiger partial charge in [-0.1, -0.05) is 121 Å². The molecule has 0 amide bonds. The SMILES string of the molecule is C1CCC1.C1CCC1.C=Cc1ccc(NC(=C)Cc2ccc(C(F)(F)C(C)O)cc2)cc1.CC. The van der Waals surface area contributed by atoms with E-state index in [1.54, 1.807) is 18.2 Å². The summed E-state index contributed by atoms with van der Waals surface area (Å²) in [6, 6.07) is 13.7. The molecular formula is C30H43F2NO. The number of aliphatic hydroxyl groups excluding tert-OH is 1. The maximum absolute atomic E-state index is 13.7. The van der Waals surface area contributed by atoms with Gasteiger partial charge >= 0.3 is 0 Å². The maximum atomic E-state index is 13.7. The zero-order valence-electron chi connectivity index (χ0n) is 21.3. The number of hydrogen-bond acceptors (Lipinski definition) is 2. The lowest BCUT2D eigenvalue weighted by Gasteiger charge is -2.20. The third kappa shape index (κ3) is 10.6. The van der Waals surface area contributed by atoms with E-state index in [1.165, 1.54) is 63.5 Å². The lowest BCUT2D eigenvalue weighted by molar-refractivity contribution is -0.106. The lowest BCUT2D eigenvalue weighted by Crippen LogP contribution is -2.27. The molecule has 0 spiro atoms. The fourth-order valence-electron chi connectivity index (χ4n) is 2.78. The number of benzene rings is 2. The van der Waals surface area contributed by atoms with Crippen molar-refractivity contribution < 1.29 is 13.9 Å². The molecule has 1 unspecified atom stereocenters. The number of nitrogens with one attached hydrogen (secondary N) is 1. The van der Waals surface area contributed by atoms with Gasteiger partial charge in [-0.3, -0.25) is 0 Å². The van der Waals surface area contributed by atoms with Gasteiger partial charge in [0.2, 0.25) is 0 Å². The van der Waals surface area contributed by atoms with Crippen molar-refractivity contribution in [3.63, 3.8) is 0 Å². The number of rotatable bonds is 7. The van der Waals surface area contributed by atoms with Gasteiger partial charge in [-0.05, 0) is 30.2 Å². The topological polar surface area (TPSA) is 32.3 Å². The Labute approximate surface area is 205 Å². The Morgan fingerprint density at radius 3 is 1.71 bits per heavy atom. The van der Waals surface area contributed by atoms with Gasteiger partial charge in [-0.15, -0.1) is 0 Å². The molecule has 2 saturated carbocycles. The second-order valence-corrected chi connectivity index (χ2v) is 8.56. The first kappa shape index (κ1) is 29.6. The van der Waals surface area contributed by atoms with Gasteiger partial charge < -0.3 is 10.4 Å². The third-order valence-corrected chi connectivity index (χ3v) is 5.75. The van der Waals surface area contributed by atoms with Gasteiger partial charge in [0.05, 0.1) is 0 Å². The fourth-order valence-corrected chi connectivity index (χ4v) is 2.78. The summed E-state index contributed by atoms with van der Waals surface area (Å²) >= 11 is 0. The molecule has 34 heavy (non-hydrogen) atoms. The van der Waals surface area contributed by atoms with Gasteiger partial charge in [0.1, 0.15) is 6.10 Å². The van der Waals surface area contributed by atoms with Crippen molar-refractivity contribution in [3.8, 4) is 0 Å². The van der Waals surface area contributed by atoms with Crippen molar-refractivity contribution >= 4 is 11.8 Å². The highest BCUT2D eigenvalue weighted by molar-refractivity contribution is 5.55. The summed E-state index contributed by atoms with van der Waals surface area (Å²) in [5, 5.41) is 12.4. The van der Waals surface area contributed by atoms with Crippen molar-refractivity contribution in [1.82, 2.24) is 0 Å². The molecule has 0 heterocycles. The molecule has 0 bridgehead atoms. The first-order valence-corrected chi connectivity index (χ1v) is 12.7. The average Bonchev–Trinajstić information content (AvgIpc) is 2.73. The van der Waals surface area contributed by atoms with Crippen LogP contribution in [0.2, 0.25) is 0 Å². The van der Waals surface area contributed by atoms with Gasteiger partial charge in [-0.2, -0.15) is 8.78 Å². The van der Waals surface area contributed by atoms with Crippen molar-refractivity contribution in [2.24, 2.45) is 0 Å². The molecule has 2 aliphatic carbocycles. The molecule has 2 nitrogen and oxygen atoms in total. The second kappa shape index (κ2) is 16.2. The summed E-state index contributed by atoms with van der Waals surface area (Å²) in [7, 11) is 0. The Bertz CT molecular complexity index is 802. The standard InChI is InChI=1S/C20H21F2NO.2C4H8.C2H6/c1-4-16-7-11-19(12-8-16)23-14(2)13-17-5-9-18(10-6-17)20(21,22)15(3)24;2*1-2-4-3-1;1-2/h4-12,15,23-24H,1-2,13H2,3H3;2*1-4H2;1-2H3. The third-order valence-electron chi connectivity index (χ3n) is 5.75. The van der Waals surface area contributed by atoms with E-state index < -0.39 is 12.0 Å². The summed E-state index contributed by atoms with van der Waals surface area (Å²) in [6.07, 6.45) is 12.6. The number of halogens is 2. The minimum atomic E-state index is -3.25. The zero-order chi connectivity index (χ0) is 25.4. The molecule has 0 aromatic heterocycles. The van der Waals surface area contributed by atoms with Gasteiger partial charge in [0.25, 0.3) is 5.92 Å². The summed E-state index contributed by atoms with van der Waals surface area (Å²) in [5.74, 6) is -3.25. The molecule has 2 aliphatic rings. The largest absolute Gasteiger partial charge is 0.387 e. The van der Waals surface area contributed by atoms with E-state index >= 15 is 0 Å². The van der Waals surface area contributed by atoms with Crippen LogP contribution >= 0.6 is 0 Å². The number of allylic oxidation sites excluding steroid dienone is 1. The van der Waals surface area contributed by atoms with E-state index in [9.17, 15) is 8.78 Å². The van der Waals surface area contributed by atoms with Gasteiger partial charge in [-0.25, -0.2) is 0 Å². The van der Waals surface area contributed by atoms with Crippen molar-refractivity contribution in [2.75, 3.05) is 5.32 Å². The Morgan fingerprint density at radius 2 is 1.35 bits per heavy atom. The summed E-state index contributed by atoms with van der Waals surface area (Å²) in [6.45, 7) is 12.8. The molecule has 2 aromatic carbocycles. The quantitative estimate of drug-likeness (QED) is 0.422. The monoisotopic (exact) mass is 471 g/mol. The molecule has 4 rings (SSSR count). The molecule has 2 aromatic rings. The van der Waals surface area contributed by atoms with Crippen LogP contribution < -0.4 is 5.32 Å². The van der Waals surface area contributed by atoms with Crippen LogP contribution in [0.5, 0.6) is 0 Å². The van der Waals surface area contributed by atoms with Crippen LogP contribution in [0.3, 0.4) is 0 Å². The summed E-state index contributed by atoms with van der Waals surface area (Å²) in [5.41, 5.74) is 3.36. The second-order valence-electron chi connectivity index (χ2n) is 8.56. The molecule has 188 valence electrons. The first-order valence-electron chi connectivity index (χ1n) is 12.7. The molecule has 0 saturated heterocycles. The predicted octanol–water partition coefficient (Wildman–Crippen LogP) is 9.12. The Kier molecular flexibility index (Phi) is 14.1. The number of alkyl halides is 2. The van der Waals surface area contributed by atoms with Crippen LogP contribution in [0, 0.1) is 0 Å². The van der Waals surface area contributed by atoms with E-state index in [2.05, 4.69) is 18.5 Å². The molecule has 1 atom stereocenters. The molecular weight excluding hydrogens is 428 g/mol. The van der Waals surface area contributed by atoms with Crippen LogP contribution in [0.1, 0.15) is 88.8 Å². The molecule has 0 radical (unpaired) electrons. The van der Waals surface area contributed by atoms with Crippen molar-refractivity contribution in [1.29, 1.82) is 0 Å². The van der Waals surface area contributed by atoms with Crippen LogP contribution in [-0.2, 0) is 12.3 Å².